The molecule has 0 bridgehead atoms. The first-order chi connectivity index (χ1) is 6.25. The Morgan fingerprint density at radius 3 is 2.77 bits per heavy atom. The maximum atomic E-state index is 12.8. The minimum absolute atomic E-state index is 0.235. The van der Waals surface area contributed by atoms with Crippen LogP contribution in [0.4, 0.5) is 4.39 Å². The zero-order chi connectivity index (χ0) is 9.26. The van der Waals surface area contributed by atoms with Crippen LogP contribution in [0.5, 0.6) is 0 Å². The van der Waals surface area contributed by atoms with Crippen molar-refractivity contribution in [1.29, 1.82) is 0 Å². The maximum Gasteiger partial charge on any atom is 0.123 e. The molecule has 2 aromatic rings. The van der Waals surface area contributed by atoms with Crippen LogP contribution in [0.1, 0.15) is 0 Å². The van der Waals surface area contributed by atoms with Crippen molar-refractivity contribution in [2.45, 2.75) is 0 Å². The van der Waals surface area contributed by atoms with Crippen molar-refractivity contribution in [2.24, 2.45) is 0 Å². The number of rotatable bonds is 1. The second-order valence-electron chi connectivity index (χ2n) is 2.53. The largest absolute Gasteiger partial charge is 0.207 e. The summed E-state index contributed by atoms with van der Waals surface area (Å²) in [4.78, 5) is 0. The Labute approximate surface area is 87.5 Å². The third-order valence-electron chi connectivity index (χ3n) is 1.60. The van der Waals surface area contributed by atoms with Gasteiger partial charge in [0.25, 0.3) is 0 Å². The van der Waals surface area contributed by atoms with Crippen LogP contribution in [0.3, 0.4) is 0 Å². The van der Waals surface area contributed by atoms with Gasteiger partial charge in [0.1, 0.15) is 5.82 Å². The predicted octanol–water partition coefficient (Wildman–Crippen LogP) is 3.71. The van der Waals surface area contributed by atoms with Gasteiger partial charge >= 0.3 is 0 Å². The third kappa shape index (κ3) is 1.95. The second kappa shape index (κ2) is 3.55. The molecule has 2 rings (SSSR count). The first-order valence-corrected chi connectivity index (χ1v) is 5.20. The van der Waals surface area contributed by atoms with Crippen LogP contribution < -0.4 is 0 Å². The molecular weight excluding hydrogens is 253 g/mol. The number of hydrogen-bond donors (Lipinski definition) is 0. The lowest BCUT2D eigenvalue weighted by Crippen LogP contribution is -1.77. The molecule has 0 aliphatic heterocycles. The highest BCUT2D eigenvalue weighted by molar-refractivity contribution is 9.11. The van der Waals surface area contributed by atoms with Gasteiger partial charge in [0.2, 0.25) is 0 Å². The third-order valence-corrected chi connectivity index (χ3v) is 2.85. The van der Waals surface area contributed by atoms with Gasteiger partial charge in [0, 0.05) is 5.56 Å². The normalized spacial score (nSPS) is 10.3. The van der Waals surface area contributed by atoms with E-state index in [0.717, 1.165) is 15.0 Å². The van der Waals surface area contributed by atoms with E-state index in [0.29, 0.717) is 0 Å². The van der Waals surface area contributed by atoms with Crippen LogP contribution in [0.2, 0.25) is 0 Å². The predicted molar refractivity (Wildman–Crippen MR) is 55.2 cm³/mol. The summed E-state index contributed by atoms with van der Waals surface area (Å²) in [6.07, 6.45) is 0. The van der Waals surface area contributed by atoms with E-state index in [-0.39, 0.29) is 5.82 Å². The van der Waals surface area contributed by atoms with Crippen LogP contribution in [-0.4, -0.2) is 4.37 Å². The molecule has 1 aromatic heterocycles. The zero-order valence-corrected chi connectivity index (χ0v) is 8.90. The molecule has 0 unspecified atom stereocenters. The van der Waals surface area contributed by atoms with E-state index in [1.807, 2.05) is 12.1 Å². The van der Waals surface area contributed by atoms with Gasteiger partial charge in [-0.25, -0.2) is 4.39 Å². The molecule has 1 aromatic carbocycles. The number of halogens is 2. The Balaban J connectivity index is 2.46. The van der Waals surface area contributed by atoms with E-state index in [9.17, 15) is 4.39 Å². The Morgan fingerprint density at radius 2 is 2.15 bits per heavy atom. The lowest BCUT2D eigenvalue weighted by atomic mass is 10.1. The van der Waals surface area contributed by atoms with Crippen molar-refractivity contribution in [2.75, 3.05) is 0 Å². The molecule has 66 valence electrons. The van der Waals surface area contributed by atoms with Gasteiger partial charge in [-0.05, 0) is 45.7 Å². The molecule has 0 N–H and O–H groups in total. The fourth-order valence-corrected chi connectivity index (χ4v) is 1.98. The summed E-state index contributed by atoms with van der Waals surface area (Å²) >= 11 is 4.66. The topological polar surface area (TPSA) is 12.9 Å². The Kier molecular flexibility index (Phi) is 2.42. The number of benzene rings is 1. The summed E-state index contributed by atoms with van der Waals surface area (Å²) in [5.74, 6) is -0.235. The first-order valence-electron chi connectivity index (χ1n) is 3.64. The van der Waals surface area contributed by atoms with Gasteiger partial charge in [0.15, 0.2) is 0 Å². The van der Waals surface area contributed by atoms with E-state index in [1.54, 1.807) is 6.07 Å². The molecule has 0 saturated carbocycles. The summed E-state index contributed by atoms with van der Waals surface area (Å²) in [5.41, 5.74) is 1.61. The number of aromatic nitrogens is 1. The zero-order valence-electron chi connectivity index (χ0n) is 6.50. The highest BCUT2D eigenvalue weighted by atomic mass is 79.9. The van der Waals surface area contributed by atoms with E-state index in [1.165, 1.54) is 23.7 Å². The average Bonchev–Trinajstić information content (AvgIpc) is 2.52. The molecule has 0 spiro atoms. The molecule has 1 heterocycles. The standard InChI is InChI=1S/C9H5BrFNS/c10-9-5-8(12-13-9)6-2-1-3-7(11)4-6/h1-5H. The molecule has 1 nitrogen and oxygen atoms in total. The summed E-state index contributed by atoms with van der Waals surface area (Å²) in [7, 11) is 0. The van der Waals surface area contributed by atoms with Crippen LogP contribution in [0.25, 0.3) is 11.3 Å². The van der Waals surface area contributed by atoms with Crippen molar-refractivity contribution in [3.05, 3.63) is 39.9 Å². The van der Waals surface area contributed by atoms with Gasteiger partial charge in [-0.2, -0.15) is 4.37 Å². The quantitative estimate of drug-likeness (QED) is 0.759. The minimum Gasteiger partial charge on any atom is -0.207 e. The molecule has 0 fully saturated rings. The van der Waals surface area contributed by atoms with Crippen molar-refractivity contribution in [3.63, 3.8) is 0 Å². The number of nitrogens with zero attached hydrogens (tertiary/aromatic N) is 1. The molecule has 0 aliphatic rings. The maximum absolute atomic E-state index is 12.8. The van der Waals surface area contributed by atoms with Crippen molar-refractivity contribution in [3.8, 4) is 11.3 Å². The summed E-state index contributed by atoms with van der Waals surface area (Å²) in [6, 6.07) is 8.29. The van der Waals surface area contributed by atoms with Gasteiger partial charge in [0.05, 0.1) is 9.48 Å². The SMILES string of the molecule is Fc1cccc(-c2cc(Br)sn2)c1. The highest BCUT2D eigenvalue weighted by Gasteiger charge is 2.02. The minimum atomic E-state index is -0.235. The van der Waals surface area contributed by atoms with Crippen LogP contribution in [-0.2, 0) is 0 Å². The Hall–Kier alpha value is -0.740. The summed E-state index contributed by atoms with van der Waals surface area (Å²) < 4.78 is 17.9. The lowest BCUT2D eigenvalue weighted by molar-refractivity contribution is 0.628. The summed E-state index contributed by atoms with van der Waals surface area (Å²) in [5, 5.41) is 0. The molecule has 0 radical (unpaired) electrons. The van der Waals surface area contributed by atoms with Gasteiger partial charge in [-0.3, -0.25) is 0 Å². The monoisotopic (exact) mass is 257 g/mol. The van der Waals surface area contributed by atoms with Crippen molar-refractivity contribution in [1.82, 2.24) is 4.37 Å². The molecule has 13 heavy (non-hydrogen) atoms. The number of hydrogen-bond acceptors (Lipinski definition) is 2. The van der Waals surface area contributed by atoms with Crippen LogP contribution >= 0.6 is 27.5 Å². The van der Waals surface area contributed by atoms with Crippen molar-refractivity contribution >= 4 is 27.5 Å². The van der Waals surface area contributed by atoms with Gasteiger partial charge in [-0.1, -0.05) is 12.1 Å². The van der Waals surface area contributed by atoms with Crippen LogP contribution in [0.15, 0.2) is 34.1 Å². The van der Waals surface area contributed by atoms with Gasteiger partial charge in [-0.15, -0.1) is 0 Å². The van der Waals surface area contributed by atoms with Gasteiger partial charge < -0.3 is 0 Å². The fraction of sp³-hybridized carbons (Fsp3) is 0. The van der Waals surface area contributed by atoms with E-state index >= 15 is 0 Å². The Morgan fingerprint density at radius 1 is 1.31 bits per heavy atom. The molecule has 0 amide bonds. The van der Waals surface area contributed by atoms with Crippen LogP contribution in [0, 0.1) is 5.82 Å². The lowest BCUT2D eigenvalue weighted by Gasteiger charge is -1.94. The Bertz CT molecular complexity index is 427. The fourth-order valence-electron chi connectivity index (χ4n) is 1.04. The molecule has 0 aliphatic carbocycles. The van der Waals surface area contributed by atoms with E-state index in [4.69, 9.17) is 0 Å². The molecule has 0 atom stereocenters. The second-order valence-corrected chi connectivity index (χ2v) is 4.71. The molecule has 0 saturated heterocycles. The average molecular weight is 258 g/mol. The molecule has 4 heteroatoms. The molecular formula is C9H5BrFNS. The van der Waals surface area contributed by atoms with Crippen molar-refractivity contribution < 1.29 is 4.39 Å². The van der Waals surface area contributed by atoms with E-state index in [2.05, 4.69) is 20.3 Å². The summed E-state index contributed by atoms with van der Waals surface area (Å²) in [6.45, 7) is 0. The highest BCUT2D eigenvalue weighted by Crippen LogP contribution is 2.25. The van der Waals surface area contributed by atoms with E-state index < -0.39 is 0 Å². The smallest absolute Gasteiger partial charge is 0.123 e. The first kappa shape index (κ1) is 8.84.